The molecule has 0 aromatic rings. The van der Waals surface area contributed by atoms with Crippen molar-refractivity contribution in [1.29, 1.82) is 0 Å². The van der Waals surface area contributed by atoms with Gasteiger partial charge in [-0.2, -0.15) is 0 Å². The molecule has 0 rings (SSSR count). The van der Waals surface area contributed by atoms with Crippen LogP contribution in [-0.4, -0.2) is 61.8 Å². The number of carbonyl (C=O) groups excluding carboxylic acids is 1. The Balaban J connectivity index is 3.62. The molecule has 0 aromatic carbocycles. The number of nitrogens with zero attached hydrogens (tertiary/aromatic N) is 1. The average Bonchev–Trinajstić information content (AvgIpc) is 2.87. The molecule has 8 heteroatoms. The van der Waals surface area contributed by atoms with Crippen LogP contribution in [-0.2, 0) is 18.6 Å². The fraction of sp³-hybridized carbons (Fsp3) is 0.903. The number of ether oxygens (including phenoxy) is 1. The van der Waals surface area contributed by atoms with E-state index in [0.29, 0.717) is 12.8 Å². The van der Waals surface area contributed by atoms with Crippen molar-refractivity contribution in [1.82, 2.24) is 0 Å². The molecule has 3 atom stereocenters. The van der Waals surface area contributed by atoms with Crippen LogP contribution in [0, 0.1) is 0 Å². The molecule has 0 heterocycles. The molecule has 0 bridgehead atoms. The number of esters is 1. The van der Waals surface area contributed by atoms with Crippen molar-refractivity contribution in [3.63, 3.8) is 0 Å². The van der Waals surface area contributed by atoms with E-state index in [2.05, 4.69) is 19.1 Å². The molecule has 232 valence electrons. The summed E-state index contributed by atoms with van der Waals surface area (Å²) in [4.78, 5) is 24.3. The Morgan fingerprint density at radius 2 is 1.26 bits per heavy atom. The quantitative estimate of drug-likeness (QED) is 0.0358. The summed E-state index contributed by atoms with van der Waals surface area (Å²) in [6, 6.07) is 0. The van der Waals surface area contributed by atoms with Crippen molar-refractivity contribution in [2.45, 2.75) is 148 Å². The van der Waals surface area contributed by atoms with Gasteiger partial charge < -0.3 is 28.3 Å². The van der Waals surface area contributed by atoms with Crippen LogP contribution >= 0.6 is 7.60 Å². The second-order valence-corrected chi connectivity index (χ2v) is 13.9. The highest BCUT2D eigenvalue weighted by Crippen LogP contribution is 2.47. The summed E-state index contributed by atoms with van der Waals surface area (Å²) in [5.41, 5.74) is 0. The summed E-state index contributed by atoms with van der Waals surface area (Å²) in [6.45, 7) is 3.40. The van der Waals surface area contributed by atoms with Crippen LogP contribution < -0.4 is 4.89 Å². The standard InChI is InChI=1S/C31H62NO6P/c1-6-8-9-10-11-12-13-14-15-16-17-18-19-20-21-22-23-24-25-26-31(34)37-27-29(33)28-38-39(35,36)30(7-2)32(3,4)5/h17-18,29-30,33H,6-16,19-28H2,1-5H3/b18-17-/t29-,30?/m1/s1. The zero-order valence-corrected chi connectivity index (χ0v) is 26.9. The number of aliphatic hydroxyl groups excluding tert-OH is 1. The lowest BCUT2D eigenvalue weighted by Gasteiger charge is -2.41. The second-order valence-electron chi connectivity index (χ2n) is 11.9. The lowest BCUT2D eigenvalue weighted by molar-refractivity contribution is -0.884. The number of hydrogen-bond acceptors (Lipinski definition) is 6. The topological polar surface area (TPSA) is 95.9 Å². The summed E-state index contributed by atoms with van der Waals surface area (Å²) >= 11 is 0. The lowest BCUT2D eigenvalue weighted by atomic mass is 10.1. The Labute approximate surface area is 240 Å². The minimum absolute atomic E-state index is 0.221. The van der Waals surface area contributed by atoms with Crippen molar-refractivity contribution < 1.29 is 33.1 Å². The Kier molecular flexibility index (Phi) is 23.5. The molecule has 2 unspecified atom stereocenters. The van der Waals surface area contributed by atoms with Gasteiger partial charge in [0.2, 0.25) is 0 Å². The maximum atomic E-state index is 12.4. The maximum Gasteiger partial charge on any atom is 0.305 e. The molecule has 0 aromatic heterocycles. The van der Waals surface area contributed by atoms with Crippen LogP contribution in [0.25, 0.3) is 0 Å². The molecule has 0 aliphatic carbocycles. The SMILES string of the molecule is CCCCCCCCCCC/C=C\CCCCCCCCC(=O)OC[C@@H](O)COP(=O)([O-])C(CC)[N+](C)(C)C. The zero-order valence-electron chi connectivity index (χ0n) is 26.0. The minimum atomic E-state index is -4.16. The Morgan fingerprint density at radius 3 is 1.72 bits per heavy atom. The highest BCUT2D eigenvalue weighted by molar-refractivity contribution is 7.51. The molecule has 7 nitrogen and oxygen atoms in total. The number of quaternary nitrogens is 1. The van der Waals surface area contributed by atoms with Gasteiger partial charge in [0.25, 0.3) is 0 Å². The smallest absolute Gasteiger partial charge is 0.305 e. The third-order valence-electron chi connectivity index (χ3n) is 7.15. The van der Waals surface area contributed by atoms with E-state index in [9.17, 15) is 19.4 Å². The molecule has 0 fully saturated rings. The number of carbonyl (C=O) groups is 1. The third kappa shape index (κ3) is 22.6. The van der Waals surface area contributed by atoms with Crippen molar-refractivity contribution >= 4 is 13.6 Å². The van der Waals surface area contributed by atoms with Gasteiger partial charge in [0.15, 0.2) is 13.4 Å². The first-order valence-electron chi connectivity index (χ1n) is 15.8. The van der Waals surface area contributed by atoms with E-state index in [1.54, 1.807) is 28.1 Å². The maximum absolute atomic E-state index is 12.4. The van der Waals surface area contributed by atoms with Gasteiger partial charge in [-0.25, -0.2) is 0 Å². The second kappa shape index (κ2) is 23.9. The van der Waals surface area contributed by atoms with Gasteiger partial charge in [-0.3, -0.25) is 4.79 Å². The van der Waals surface area contributed by atoms with Gasteiger partial charge in [0.1, 0.15) is 12.7 Å². The number of allylic oxidation sites excluding steroid dienone is 2. The fourth-order valence-corrected chi connectivity index (χ4v) is 6.68. The van der Waals surface area contributed by atoms with Crippen LogP contribution in [0.1, 0.15) is 136 Å². The van der Waals surface area contributed by atoms with Gasteiger partial charge in [0.05, 0.1) is 27.7 Å². The van der Waals surface area contributed by atoms with Gasteiger partial charge in [-0.15, -0.1) is 0 Å². The molecule has 0 aliphatic rings. The predicted octanol–water partition coefficient (Wildman–Crippen LogP) is 7.50. The minimum Gasteiger partial charge on any atom is -0.774 e. The van der Waals surface area contributed by atoms with Gasteiger partial charge in [0, 0.05) is 12.8 Å². The summed E-state index contributed by atoms with van der Waals surface area (Å²) in [6.07, 6.45) is 25.5. The molecule has 0 saturated heterocycles. The highest BCUT2D eigenvalue weighted by Gasteiger charge is 2.34. The molecule has 1 N–H and O–H groups in total. The summed E-state index contributed by atoms with van der Waals surface area (Å²) in [7, 11) is 1.21. The van der Waals surface area contributed by atoms with Crippen molar-refractivity contribution in [2.24, 2.45) is 0 Å². The molecule has 39 heavy (non-hydrogen) atoms. The molecule has 0 spiro atoms. The average molecular weight is 576 g/mol. The molecule has 0 saturated carbocycles. The fourth-order valence-electron chi connectivity index (χ4n) is 4.83. The molecular weight excluding hydrogens is 513 g/mol. The number of rotatable bonds is 27. The normalized spacial score (nSPS) is 15.4. The Bertz CT molecular complexity index is 664. The predicted molar refractivity (Wildman–Crippen MR) is 161 cm³/mol. The summed E-state index contributed by atoms with van der Waals surface area (Å²) < 4.78 is 22.8. The monoisotopic (exact) mass is 575 g/mol. The van der Waals surface area contributed by atoms with Crippen LogP contribution in [0.3, 0.4) is 0 Å². The molecular formula is C31H62NO6P. The van der Waals surface area contributed by atoms with Gasteiger partial charge >= 0.3 is 5.97 Å². The summed E-state index contributed by atoms with van der Waals surface area (Å²) in [5, 5.41) is 9.98. The van der Waals surface area contributed by atoms with Crippen LogP contribution in [0.15, 0.2) is 12.2 Å². The number of aliphatic hydroxyl groups is 1. The number of hydrogen-bond donors (Lipinski definition) is 1. The lowest BCUT2D eigenvalue weighted by Crippen LogP contribution is -2.47. The van der Waals surface area contributed by atoms with Crippen molar-refractivity contribution in [2.75, 3.05) is 34.4 Å². The third-order valence-corrected chi connectivity index (χ3v) is 9.45. The molecule has 0 aliphatic heterocycles. The first-order valence-corrected chi connectivity index (χ1v) is 17.4. The van der Waals surface area contributed by atoms with Crippen LogP contribution in [0.5, 0.6) is 0 Å². The molecule has 0 amide bonds. The zero-order chi connectivity index (χ0) is 29.4. The van der Waals surface area contributed by atoms with E-state index in [0.717, 1.165) is 25.7 Å². The van der Waals surface area contributed by atoms with E-state index >= 15 is 0 Å². The summed E-state index contributed by atoms with van der Waals surface area (Å²) in [5.74, 6) is -1.06. The van der Waals surface area contributed by atoms with Crippen molar-refractivity contribution in [3.8, 4) is 0 Å². The molecule has 0 radical (unpaired) electrons. The van der Waals surface area contributed by atoms with Crippen LogP contribution in [0.2, 0.25) is 0 Å². The van der Waals surface area contributed by atoms with E-state index in [1.165, 1.54) is 83.5 Å². The van der Waals surface area contributed by atoms with E-state index in [4.69, 9.17) is 9.26 Å². The Morgan fingerprint density at radius 1 is 0.795 bits per heavy atom. The largest absolute Gasteiger partial charge is 0.774 e. The van der Waals surface area contributed by atoms with E-state index < -0.39 is 26.1 Å². The van der Waals surface area contributed by atoms with Gasteiger partial charge in [-0.05, 0) is 32.1 Å². The number of unbranched alkanes of at least 4 members (excludes halogenated alkanes) is 15. The highest BCUT2D eigenvalue weighted by atomic mass is 31.2. The Hall–Kier alpha value is -0.720. The van der Waals surface area contributed by atoms with Gasteiger partial charge in [-0.1, -0.05) is 103 Å². The van der Waals surface area contributed by atoms with Crippen molar-refractivity contribution in [3.05, 3.63) is 12.2 Å². The van der Waals surface area contributed by atoms with E-state index in [1.807, 2.05) is 0 Å². The first-order chi connectivity index (χ1) is 18.5. The van der Waals surface area contributed by atoms with Crippen LogP contribution in [0.4, 0.5) is 0 Å². The first kappa shape index (κ1) is 38.3. The van der Waals surface area contributed by atoms with E-state index in [-0.39, 0.29) is 17.1 Å².